The van der Waals surface area contributed by atoms with Gasteiger partial charge in [-0.1, -0.05) is 19.0 Å². The van der Waals surface area contributed by atoms with Gasteiger partial charge >= 0.3 is 0 Å². The average Bonchev–Trinajstić information content (AvgIpc) is 2.83. The summed E-state index contributed by atoms with van der Waals surface area (Å²) in [4.78, 5) is 4.60. The molecule has 0 aliphatic carbocycles. The average molecular weight is 251 g/mol. The number of hydrogen-bond donors (Lipinski definition) is 1. The van der Waals surface area contributed by atoms with Gasteiger partial charge in [0.2, 0.25) is 0 Å². The first-order valence-electron chi connectivity index (χ1n) is 5.69. The Labute approximate surface area is 105 Å². The molecule has 17 heavy (non-hydrogen) atoms. The molecule has 0 saturated carbocycles. The molecule has 0 spiro atoms. The van der Waals surface area contributed by atoms with Crippen LogP contribution in [-0.4, -0.2) is 16.2 Å². The maximum atomic E-state index is 5.16. The van der Waals surface area contributed by atoms with E-state index in [1.807, 2.05) is 13.8 Å². The molecule has 0 saturated heterocycles. The lowest BCUT2D eigenvalue weighted by molar-refractivity contribution is 0.393. The molecule has 2 aromatic heterocycles. The van der Waals surface area contributed by atoms with Crippen LogP contribution >= 0.6 is 11.3 Å². The van der Waals surface area contributed by atoms with Crippen molar-refractivity contribution in [3.63, 3.8) is 0 Å². The zero-order valence-corrected chi connectivity index (χ0v) is 11.4. The molecule has 0 aliphatic heterocycles. The third-order valence-electron chi connectivity index (χ3n) is 2.49. The molecule has 0 unspecified atom stereocenters. The molecular weight excluding hydrogens is 234 g/mol. The number of hydrogen-bond acceptors (Lipinski definition) is 5. The molecule has 0 aliphatic rings. The molecule has 2 heterocycles. The van der Waals surface area contributed by atoms with Gasteiger partial charge in [-0.15, -0.1) is 11.3 Å². The smallest absolute Gasteiger partial charge is 0.144 e. The van der Waals surface area contributed by atoms with E-state index >= 15 is 0 Å². The van der Waals surface area contributed by atoms with Crippen LogP contribution in [0.3, 0.4) is 0 Å². The number of rotatable bonds is 4. The van der Waals surface area contributed by atoms with Crippen molar-refractivity contribution in [2.24, 2.45) is 0 Å². The van der Waals surface area contributed by atoms with Gasteiger partial charge in [-0.2, -0.15) is 0 Å². The Kier molecular flexibility index (Phi) is 3.59. The second-order valence-electron chi connectivity index (χ2n) is 4.38. The molecule has 2 aromatic rings. The van der Waals surface area contributed by atoms with Crippen LogP contribution in [0.4, 0.5) is 0 Å². The molecule has 0 atom stereocenters. The fourth-order valence-electron chi connectivity index (χ4n) is 1.60. The number of nitrogens with zero attached hydrogens (tertiary/aromatic N) is 2. The maximum Gasteiger partial charge on any atom is 0.144 e. The van der Waals surface area contributed by atoms with Gasteiger partial charge in [0.05, 0.1) is 17.0 Å². The number of nitrogens with one attached hydrogen (secondary N) is 1. The third kappa shape index (κ3) is 2.73. The van der Waals surface area contributed by atoms with Crippen LogP contribution in [0, 0.1) is 13.8 Å². The van der Waals surface area contributed by atoms with Crippen molar-refractivity contribution in [1.29, 1.82) is 0 Å². The van der Waals surface area contributed by atoms with Gasteiger partial charge in [0, 0.05) is 18.0 Å². The molecule has 1 N–H and O–H groups in total. The van der Waals surface area contributed by atoms with E-state index < -0.39 is 0 Å². The van der Waals surface area contributed by atoms with Gasteiger partial charge in [0.1, 0.15) is 10.8 Å². The van der Waals surface area contributed by atoms with Gasteiger partial charge in [0.25, 0.3) is 0 Å². The predicted octanol–water partition coefficient (Wildman–Crippen LogP) is 2.91. The van der Waals surface area contributed by atoms with Crippen LogP contribution in [0.1, 0.15) is 31.0 Å². The molecule has 0 bridgehead atoms. The third-order valence-corrected chi connectivity index (χ3v) is 3.40. The molecule has 5 heteroatoms. The number of thiazole rings is 1. The summed E-state index contributed by atoms with van der Waals surface area (Å²) in [6.07, 6.45) is 0. The van der Waals surface area contributed by atoms with Crippen LogP contribution in [0.5, 0.6) is 0 Å². The van der Waals surface area contributed by atoms with Gasteiger partial charge < -0.3 is 9.84 Å². The van der Waals surface area contributed by atoms with Crippen molar-refractivity contribution >= 4 is 11.3 Å². The number of aryl methyl sites for hydroxylation is 2. The first-order chi connectivity index (χ1) is 8.08. The van der Waals surface area contributed by atoms with E-state index in [1.54, 1.807) is 11.3 Å². The summed E-state index contributed by atoms with van der Waals surface area (Å²) >= 11 is 1.64. The van der Waals surface area contributed by atoms with Crippen molar-refractivity contribution in [2.45, 2.75) is 40.3 Å². The lowest BCUT2D eigenvalue weighted by atomic mass is 10.2. The summed E-state index contributed by atoms with van der Waals surface area (Å²) in [5.74, 6) is 0.834. The molecule has 2 rings (SSSR count). The summed E-state index contributed by atoms with van der Waals surface area (Å²) in [6, 6.07) is 0.471. The Morgan fingerprint density at radius 3 is 2.76 bits per heavy atom. The highest BCUT2D eigenvalue weighted by molar-refractivity contribution is 7.13. The Balaban J connectivity index is 2.18. The highest BCUT2D eigenvalue weighted by Crippen LogP contribution is 2.29. The molecule has 0 fully saturated rings. The molecule has 0 aromatic carbocycles. The van der Waals surface area contributed by atoms with Crippen LogP contribution in [0.25, 0.3) is 10.6 Å². The minimum atomic E-state index is 0.471. The summed E-state index contributed by atoms with van der Waals surface area (Å²) in [5.41, 5.74) is 3.00. The summed E-state index contributed by atoms with van der Waals surface area (Å²) < 4.78 is 5.16. The van der Waals surface area contributed by atoms with E-state index in [2.05, 4.69) is 34.7 Å². The highest BCUT2D eigenvalue weighted by Gasteiger charge is 2.14. The molecule has 92 valence electrons. The van der Waals surface area contributed by atoms with Gasteiger partial charge in [0.15, 0.2) is 0 Å². The van der Waals surface area contributed by atoms with E-state index in [9.17, 15) is 0 Å². The van der Waals surface area contributed by atoms with E-state index in [-0.39, 0.29) is 0 Å². The highest BCUT2D eigenvalue weighted by atomic mass is 32.1. The largest absolute Gasteiger partial charge is 0.361 e. The second-order valence-corrected chi connectivity index (χ2v) is 5.24. The van der Waals surface area contributed by atoms with E-state index in [0.717, 1.165) is 34.3 Å². The lowest BCUT2D eigenvalue weighted by Crippen LogP contribution is -2.21. The molecular formula is C12H17N3OS. The van der Waals surface area contributed by atoms with Crippen molar-refractivity contribution in [2.75, 3.05) is 0 Å². The van der Waals surface area contributed by atoms with Crippen LogP contribution in [-0.2, 0) is 6.54 Å². The minimum Gasteiger partial charge on any atom is -0.361 e. The quantitative estimate of drug-likeness (QED) is 0.907. The Morgan fingerprint density at radius 2 is 2.18 bits per heavy atom. The van der Waals surface area contributed by atoms with Crippen LogP contribution < -0.4 is 5.32 Å². The van der Waals surface area contributed by atoms with E-state index in [1.165, 1.54) is 0 Å². The summed E-state index contributed by atoms with van der Waals surface area (Å²) in [7, 11) is 0. The lowest BCUT2D eigenvalue weighted by Gasteiger charge is -2.04. The zero-order valence-electron chi connectivity index (χ0n) is 10.6. The Bertz CT molecular complexity index is 482. The van der Waals surface area contributed by atoms with Gasteiger partial charge in [-0.25, -0.2) is 4.98 Å². The van der Waals surface area contributed by atoms with Crippen molar-refractivity contribution in [3.8, 4) is 10.6 Å². The zero-order chi connectivity index (χ0) is 12.4. The fraction of sp³-hybridized carbons (Fsp3) is 0.500. The van der Waals surface area contributed by atoms with Gasteiger partial charge in [-0.3, -0.25) is 0 Å². The minimum absolute atomic E-state index is 0.471. The summed E-state index contributed by atoms with van der Waals surface area (Å²) in [5, 5.41) is 10.4. The van der Waals surface area contributed by atoms with Crippen LogP contribution in [0.2, 0.25) is 0 Å². The fourth-order valence-corrected chi connectivity index (χ4v) is 2.56. The normalized spacial score (nSPS) is 11.4. The molecule has 0 amide bonds. The van der Waals surface area contributed by atoms with Crippen molar-refractivity contribution in [3.05, 3.63) is 22.5 Å². The second kappa shape index (κ2) is 4.98. The first kappa shape index (κ1) is 12.3. The van der Waals surface area contributed by atoms with E-state index in [4.69, 9.17) is 4.52 Å². The van der Waals surface area contributed by atoms with Crippen LogP contribution in [0.15, 0.2) is 9.90 Å². The first-order valence-corrected chi connectivity index (χ1v) is 6.57. The van der Waals surface area contributed by atoms with E-state index in [0.29, 0.717) is 6.04 Å². The standard InChI is InChI=1S/C12H17N3OS/c1-7(2)13-5-10-6-17-12(14-10)11-8(3)15-16-9(11)4/h6-7,13H,5H2,1-4H3. The molecule has 0 radical (unpaired) electrons. The molecule has 4 nitrogen and oxygen atoms in total. The summed E-state index contributed by atoms with van der Waals surface area (Å²) in [6.45, 7) is 8.92. The Morgan fingerprint density at radius 1 is 1.41 bits per heavy atom. The van der Waals surface area contributed by atoms with Gasteiger partial charge in [-0.05, 0) is 13.8 Å². The maximum absolute atomic E-state index is 5.16. The number of aromatic nitrogens is 2. The monoisotopic (exact) mass is 251 g/mol. The Hall–Kier alpha value is -1.20. The van der Waals surface area contributed by atoms with Crippen molar-refractivity contribution in [1.82, 2.24) is 15.5 Å². The van der Waals surface area contributed by atoms with Crippen molar-refractivity contribution < 1.29 is 4.52 Å². The topological polar surface area (TPSA) is 51.0 Å². The SMILES string of the molecule is Cc1noc(C)c1-c1nc(CNC(C)C)cs1. The predicted molar refractivity (Wildman–Crippen MR) is 69.1 cm³/mol.